The molecule has 0 saturated carbocycles. The van der Waals surface area contributed by atoms with Gasteiger partial charge in [-0.25, -0.2) is 4.79 Å². The van der Waals surface area contributed by atoms with E-state index in [4.69, 9.17) is 9.84 Å². The first kappa shape index (κ1) is 14.7. The molecule has 1 aliphatic heterocycles. The first-order chi connectivity index (χ1) is 8.18. The molecule has 0 aromatic heterocycles. The normalized spacial score (nSPS) is 21.1. The molecule has 0 aliphatic carbocycles. The fourth-order valence-electron chi connectivity index (χ4n) is 1.91. The maximum Gasteiger partial charge on any atom is 0.471 e. The average Bonchev–Trinajstić information content (AvgIpc) is 2.28. The molecule has 5 nitrogen and oxygen atoms in total. The fourth-order valence-corrected chi connectivity index (χ4v) is 1.91. The summed E-state index contributed by atoms with van der Waals surface area (Å²) in [6, 6.07) is 0. The van der Waals surface area contributed by atoms with Gasteiger partial charge in [0.15, 0.2) is 0 Å². The summed E-state index contributed by atoms with van der Waals surface area (Å²) >= 11 is 0. The predicted molar refractivity (Wildman–Crippen MR) is 53.8 cm³/mol. The van der Waals surface area contributed by atoms with Crippen molar-refractivity contribution in [3.05, 3.63) is 0 Å². The molecule has 1 fully saturated rings. The van der Waals surface area contributed by atoms with Gasteiger partial charge >= 0.3 is 18.1 Å². The molecule has 1 unspecified atom stereocenters. The standard InChI is InChI=1S/C10H14F3NO4/c1-9(8(16)17,6-2-4-18-5-3-6)14-7(15)10(11,12)13/h6H,2-5H2,1H3,(H,14,15)(H,16,17). The Hall–Kier alpha value is -1.31. The summed E-state index contributed by atoms with van der Waals surface area (Å²) < 4.78 is 41.6. The number of hydrogen-bond acceptors (Lipinski definition) is 3. The number of carboxylic acid groups (broad SMARTS) is 1. The lowest BCUT2D eigenvalue weighted by molar-refractivity contribution is -0.179. The van der Waals surface area contributed by atoms with Gasteiger partial charge in [0.25, 0.3) is 0 Å². The zero-order valence-corrected chi connectivity index (χ0v) is 9.71. The van der Waals surface area contributed by atoms with Crippen molar-refractivity contribution in [3.8, 4) is 0 Å². The molecule has 1 rings (SSSR count). The van der Waals surface area contributed by atoms with Gasteiger partial charge in [-0.1, -0.05) is 0 Å². The van der Waals surface area contributed by atoms with Crippen molar-refractivity contribution in [2.24, 2.45) is 5.92 Å². The van der Waals surface area contributed by atoms with Gasteiger partial charge in [0.2, 0.25) is 0 Å². The predicted octanol–water partition coefficient (Wildman–Crippen LogP) is 0.935. The molecule has 0 radical (unpaired) electrons. The maximum absolute atomic E-state index is 12.2. The molecule has 2 N–H and O–H groups in total. The van der Waals surface area contributed by atoms with E-state index in [1.54, 1.807) is 5.32 Å². The van der Waals surface area contributed by atoms with Gasteiger partial charge < -0.3 is 15.2 Å². The summed E-state index contributed by atoms with van der Waals surface area (Å²) in [5.74, 6) is -4.30. The smallest absolute Gasteiger partial charge is 0.471 e. The van der Waals surface area contributed by atoms with Crippen molar-refractivity contribution in [1.29, 1.82) is 0 Å². The maximum atomic E-state index is 12.2. The summed E-state index contributed by atoms with van der Waals surface area (Å²) in [6.07, 6.45) is -4.51. The van der Waals surface area contributed by atoms with Gasteiger partial charge in [-0.15, -0.1) is 0 Å². The van der Waals surface area contributed by atoms with Crippen LogP contribution >= 0.6 is 0 Å². The third-order valence-corrected chi connectivity index (χ3v) is 3.11. The summed E-state index contributed by atoms with van der Waals surface area (Å²) in [5.41, 5.74) is -1.93. The number of aliphatic carboxylic acids is 1. The highest BCUT2D eigenvalue weighted by Gasteiger charge is 2.49. The molecule has 1 saturated heterocycles. The van der Waals surface area contributed by atoms with Crippen LogP contribution in [0.2, 0.25) is 0 Å². The van der Waals surface area contributed by atoms with Crippen LogP contribution in [0.1, 0.15) is 19.8 Å². The molecule has 0 bridgehead atoms. The molecule has 0 aromatic rings. The minimum absolute atomic E-state index is 0.273. The van der Waals surface area contributed by atoms with E-state index < -0.39 is 29.5 Å². The molecule has 1 aliphatic rings. The molecule has 8 heteroatoms. The summed E-state index contributed by atoms with van der Waals surface area (Å²) in [5, 5.41) is 10.7. The number of rotatable bonds is 3. The van der Waals surface area contributed by atoms with E-state index in [0.717, 1.165) is 6.92 Å². The third-order valence-electron chi connectivity index (χ3n) is 3.11. The minimum atomic E-state index is -5.10. The van der Waals surface area contributed by atoms with Crippen molar-refractivity contribution in [1.82, 2.24) is 5.32 Å². The lowest BCUT2D eigenvalue weighted by atomic mass is 9.80. The van der Waals surface area contributed by atoms with Crippen LogP contribution in [-0.4, -0.2) is 41.9 Å². The molecular formula is C10H14F3NO4. The van der Waals surface area contributed by atoms with Crippen molar-refractivity contribution in [2.45, 2.75) is 31.5 Å². The second-order valence-electron chi connectivity index (χ2n) is 4.35. The quantitative estimate of drug-likeness (QED) is 0.799. The fraction of sp³-hybridized carbons (Fsp3) is 0.800. The van der Waals surface area contributed by atoms with Gasteiger partial charge in [0.1, 0.15) is 5.54 Å². The number of carbonyl (C=O) groups is 2. The number of carbonyl (C=O) groups excluding carboxylic acids is 1. The number of hydrogen-bond donors (Lipinski definition) is 2. The Balaban J connectivity index is 2.86. The van der Waals surface area contributed by atoms with Crippen LogP contribution in [-0.2, 0) is 14.3 Å². The minimum Gasteiger partial charge on any atom is -0.480 e. The van der Waals surface area contributed by atoms with Crippen LogP contribution in [0.15, 0.2) is 0 Å². The number of amides is 1. The number of halogens is 3. The first-order valence-corrected chi connectivity index (χ1v) is 5.38. The largest absolute Gasteiger partial charge is 0.480 e. The Bertz CT molecular complexity index is 339. The zero-order valence-electron chi connectivity index (χ0n) is 9.71. The molecule has 0 spiro atoms. The van der Waals surface area contributed by atoms with E-state index in [1.165, 1.54) is 0 Å². The summed E-state index contributed by atoms with van der Waals surface area (Å²) in [6.45, 7) is 1.64. The number of nitrogens with one attached hydrogen (secondary N) is 1. The zero-order chi connectivity index (χ0) is 14.0. The van der Waals surface area contributed by atoms with Gasteiger partial charge in [0.05, 0.1) is 0 Å². The molecule has 104 valence electrons. The Kier molecular flexibility index (Phi) is 4.20. The van der Waals surface area contributed by atoms with Crippen LogP contribution in [0.3, 0.4) is 0 Å². The van der Waals surface area contributed by atoms with Crippen molar-refractivity contribution in [2.75, 3.05) is 13.2 Å². The third kappa shape index (κ3) is 3.12. The SMILES string of the molecule is CC(NC(=O)C(F)(F)F)(C(=O)O)C1CCOCC1. The van der Waals surface area contributed by atoms with Gasteiger partial charge in [-0.2, -0.15) is 13.2 Å². The molecule has 0 aromatic carbocycles. The van der Waals surface area contributed by atoms with Crippen LogP contribution in [0, 0.1) is 5.92 Å². The number of alkyl halides is 3. The number of ether oxygens (including phenoxy) is 1. The molecule has 18 heavy (non-hydrogen) atoms. The highest BCUT2D eigenvalue weighted by atomic mass is 19.4. The van der Waals surface area contributed by atoms with Crippen LogP contribution in [0.25, 0.3) is 0 Å². The molecule has 1 heterocycles. The Morgan fingerprint density at radius 1 is 1.28 bits per heavy atom. The van der Waals surface area contributed by atoms with Crippen LogP contribution in [0.4, 0.5) is 13.2 Å². The van der Waals surface area contributed by atoms with Crippen molar-refractivity contribution < 1.29 is 32.6 Å². The summed E-state index contributed by atoms with van der Waals surface area (Å²) in [7, 11) is 0. The Morgan fingerprint density at radius 3 is 2.17 bits per heavy atom. The van der Waals surface area contributed by atoms with Crippen molar-refractivity contribution >= 4 is 11.9 Å². The average molecular weight is 269 g/mol. The lowest BCUT2D eigenvalue weighted by Crippen LogP contribution is -2.60. The van der Waals surface area contributed by atoms with Crippen molar-refractivity contribution in [3.63, 3.8) is 0 Å². The highest BCUT2D eigenvalue weighted by molar-refractivity contribution is 5.89. The second kappa shape index (κ2) is 5.13. The van der Waals surface area contributed by atoms with E-state index >= 15 is 0 Å². The van der Waals surface area contributed by atoms with E-state index in [9.17, 15) is 22.8 Å². The summed E-state index contributed by atoms with van der Waals surface area (Å²) in [4.78, 5) is 22.1. The Labute approximate surface area is 101 Å². The van der Waals surface area contributed by atoms with Gasteiger partial charge in [-0.05, 0) is 25.7 Å². The van der Waals surface area contributed by atoms with Gasteiger partial charge in [-0.3, -0.25) is 4.79 Å². The van der Waals surface area contributed by atoms with Crippen LogP contribution in [0.5, 0.6) is 0 Å². The molecule has 1 amide bonds. The van der Waals surface area contributed by atoms with Crippen LogP contribution < -0.4 is 5.32 Å². The number of carboxylic acids is 1. The van der Waals surface area contributed by atoms with E-state index in [-0.39, 0.29) is 13.2 Å². The van der Waals surface area contributed by atoms with E-state index in [2.05, 4.69) is 0 Å². The molecule has 1 atom stereocenters. The van der Waals surface area contributed by atoms with E-state index in [0.29, 0.717) is 12.8 Å². The lowest BCUT2D eigenvalue weighted by Gasteiger charge is -2.37. The molecular weight excluding hydrogens is 255 g/mol. The monoisotopic (exact) mass is 269 g/mol. The van der Waals surface area contributed by atoms with E-state index in [1.807, 2.05) is 0 Å². The van der Waals surface area contributed by atoms with Gasteiger partial charge in [0, 0.05) is 13.2 Å². The highest BCUT2D eigenvalue weighted by Crippen LogP contribution is 2.29. The Morgan fingerprint density at radius 2 is 1.78 bits per heavy atom. The first-order valence-electron chi connectivity index (χ1n) is 5.38. The second-order valence-corrected chi connectivity index (χ2v) is 4.35. The topological polar surface area (TPSA) is 75.6 Å².